The van der Waals surface area contributed by atoms with Crippen molar-refractivity contribution in [2.45, 2.75) is 77.7 Å². The van der Waals surface area contributed by atoms with Crippen LogP contribution in [0.15, 0.2) is 42.5 Å². The molecule has 0 aromatic heterocycles. The summed E-state index contributed by atoms with van der Waals surface area (Å²) < 4.78 is 0. The Kier molecular flexibility index (Phi) is 8.73. The number of carbonyl (C=O) groups is 1. The first-order valence-electron chi connectivity index (χ1n) is 10.5. The Morgan fingerprint density at radius 1 is 1.14 bits per heavy atom. The lowest BCUT2D eigenvalue weighted by molar-refractivity contribution is -0.116. The molecule has 0 saturated carbocycles. The van der Waals surface area contributed by atoms with Crippen molar-refractivity contribution in [2.75, 3.05) is 5.32 Å². The van der Waals surface area contributed by atoms with Crippen LogP contribution < -0.4 is 5.32 Å². The average Bonchev–Trinajstić information content (AvgIpc) is 2.67. The van der Waals surface area contributed by atoms with Crippen molar-refractivity contribution in [3.63, 3.8) is 0 Å². The third-order valence-corrected chi connectivity index (χ3v) is 5.63. The van der Waals surface area contributed by atoms with Crippen molar-refractivity contribution in [1.82, 2.24) is 0 Å². The van der Waals surface area contributed by atoms with E-state index in [1.54, 1.807) is 0 Å². The van der Waals surface area contributed by atoms with Gasteiger partial charge in [0, 0.05) is 17.1 Å². The van der Waals surface area contributed by atoms with Gasteiger partial charge in [0.2, 0.25) is 5.91 Å². The molecule has 0 spiro atoms. The molecule has 0 saturated heterocycles. The molecule has 1 amide bonds. The first kappa shape index (κ1) is 23.4. The number of anilines is 1. The molecule has 0 bridgehead atoms. The van der Waals surface area contributed by atoms with Crippen LogP contribution >= 0.6 is 11.6 Å². The number of hydrogen-bond donors (Lipinski definition) is 2. The van der Waals surface area contributed by atoms with Crippen molar-refractivity contribution in [1.29, 1.82) is 0 Å². The number of hydrogen-bond acceptors (Lipinski definition) is 2. The fraction of sp³-hybridized carbons (Fsp3) is 0.480. The molecule has 4 heteroatoms. The third-order valence-electron chi connectivity index (χ3n) is 5.28. The summed E-state index contributed by atoms with van der Waals surface area (Å²) in [6.07, 6.45) is 4.70. The second-order valence-electron chi connectivity index (χ2n) is 8.75. The lowest BCUT2D eigenvalue weighted by Crippen LogP contribution is -2.20. The van der Waals surface area contributed by atoms with Gasteiger partial charge in [-0.1, -0.05) is 88.9 Å². The first-order valence-corrected chi connectivity index (χ1v) is 10.9. The topological polar surface area (TPSA) is 49.3 Å². The highest BCUT2D eigenvalue weighted by atomic mass is 35.5. The predicted molar refractivity (Wildman–Crippen MR) is 123 cm³/mol. The lowest BCUT2D eigenvalue weighted by atomic mass is 9.85. The highest BCUT2D eigenvalue weighted by molar-refractivity contribution is 6.31. The van der Waals surface area contributed by atoms with E-state index in [0.29, 0.717) is 6.42 Å². The number of benzene rings is 2. The van der Waals surface area contributed by atoms with Crippen LogP contribution in [0, 0.1) is 0 Å². The molecule has 1 unspecified atom stereocenters. The van der Waals surface area contributed by atoms with Gasteiger partial charge in [-0.3, -0.25) is 4.79 Å². The summed E-state index contributed by atoms with van der Waals surface area (Å²) in [7, 11) is 0. The summed E-state index contributed by atoms with van der Waals surface area (Å²) in [5.74, 6) is 0.0707. The van der Waals surface area contributed by atoms with Crippen LogP contribution in [0.5, 0.6) is 0 Å². The summed E-state index contributed by atoms with van der Waals surface area (Å²) in [6.45, 7) is 8.49. The van der Waals surface area contributed by atoms with E-state index < -0.39 is 0 Å². The molecule has 3 nitrogen and oxygen atoms in total. The Hall–Kier alpha value is -1.84. The molecule has 2 rings (SSSR count). The Morgan fingerprint density at radius 2 is 1.86 bits per heavy atom. The van der Waals surface area contributed by atoms with Crippen molar-refractivity contribution >= 4 is 23.2 Å². The maximum Gasteiger partial charge on any atom is 0.224 e. The van der Waals surface area contributed by atoms with Gasteiger partial charge in [0.05, 0.1) is 6.61 Å². The van der Waals surface area contributed by atoms with Gasteiger partial charge in [-0.2, -0.15) is 0 Å². The molecule has 29 heavy (non-hydrogen) atoms. The molecule has 0 radical (unpaired) electrons. The van der Waals surface area contributed by atoms with Crippen LogP contribution in [0.1, 0.15) is 82.4 Å². The number of carbonyl (C=O) groups excluding carboxylic acids is 1. The number of rotatable bonds is 9. The molecule has 2 aromatic carbocycles. The van der Waals surface area contributed by atoms with Crippen molar-refractivity contribution < 1.29 is 9.90 Å². The average molecular weight is 416 g/mol. The molecule has 0 fully saturated rings. The quantitative estimate of drug-likeness (QED) is 0.441. The van der Waals surface area contributed by atoms with Gasteiger partial charge in [-0.15, -0.1) is 0 Å². The number of nitrogens with one attached hydrogen (secondary N) is 1. The van der Waals surface area contributed by atoms with Crippen LogP contribution in [-0.2, 0) is 16.8 Å². The molecular weight excluding hydrogens is 382 g/mol. The largest absolute Gasteiger partial charge is 0.392 e. The molecule has 0 aliphatic rings. The molecule has 0 aliphatic heterocycles. The third kappa shape index (κ3) is 6.87. The number of aliphatic hydroxyl groups excluding tert-OH is 1. The fourth-order valence-electron chi connectivity index (χ4n) is 3.69. The zero-order chi connectivity index (χ0) is 21.4. The number of unbranched alkanes of at least 4 members (excludes halogenated alkanes) is 2. The van der Waals surface area contributed by atoms with E-state index in [0.717, 1.165) is 53.1 Å². The normalized spacial score (nSPS) is 12.6. The maximum absolute atomic E-state index is 13.0. The maximum atomic E-state index is 13.0. The van der Waals surface area contributed by atoms with E-state index in [9.17, 15) is 9.90 Å². The monoisotopic (exact) mass is 415 g/mol. The minimum Gasteiger partial charge on any atom is -0.392 e. The van der Waals surface area contributed by atoms with Crippen molar-refractivity contribution in [3.05, 3.63) is 64.2 Å². The van der Waals surface area contributed by atoms with Gasteiger partial charge < -0.3 is 10.4 Å². The molecule has 2 N–H and O–H groups in total. The highest BCUT2D eigenvalue weighted by Crippen LogP contribution is 2.34. The van der Waals surface area contributed by atoms with Crippen LogP contribution in [0.2, 0.25) is 5.02 Å². The fourth-order valence-corrected chi connectivity index (χ4v) is 3.98. The minimum atomic E-state index is -0.111. The molecule has 0 aliphatic carbocycles. The second-order valence-corrected chi connectivity index (χ2v) is 9.16. The lowest BCUT2D eigenvalue weighted by Gasteiger charge is -2.24. The smallest absolute Gasteiger partial charge is 0.224 e. The number of amides is 1. The van der Waals surface area contributed by atoms with Crippen LogP contribution in [0.25, 0.3) is 0 Å². The Morgan fingerprint density at radius 3 is 2.48 bits per heavy atom. The van der Waals surface area contributed by atoms with Gasteiger partial charge in [-0.05, 0) is 46.6 Å². The highest BCUT2D eigenvalue weighted by Gasteiger charge is 2.22. The van der Waals surface area contributed by atoms with Gasteiger partial charge in [-0.25, -0.2) is 0 Å². The summed E-state index contributed by atoms with van der Waals surface area (Å²) in [5, 5.41) is 13.3. The van der Waals surface area contributed by atoms with E-state index >= 15 is 0 Å². The van der Waals surface area contributed by atoms with E-state index in [2.05, 4.69) is 33.0 Å². The van der Waals surface area contributed by atoms with E-state index in [1.807, 2.05) is 42.5 Å². The Labute approximate surface area is 180 Å². The zero-order valence-corrected chi connectivity index (χ0v) is 18.9. The molecule has 1 atom stereocenters. The van der Waals surface area contributed by atoms with Gasteiger partial charge in [0.25, 0.3) is 0 Å². The van der Waals surface area contributed by atoms with E-state index in [4.69, 9.17) is 11.6 Å². The first-order chi connectivity index (χ1) is 13.8. The minimum absolute atomic E-state index is 0.0213. The Bertz CT molecular complexity index is 811. The van der Waals surface area contributed by atoms with Gasteiger partial charge >= 0.3 is 0 Å². The van der Waals surface area contributed by atoms with Gasteiger partial charge in [0.1, 0.15) is 0 Å². The van der Waals surface area contributed by atoms with E-state index in [-0.39, 0.29) is 23.8 Å². The number of halogens is 1. The second kappa shape index (κ2) is 10.8. The molecular formula is C25H34ClNO2. The SMILES string of the molecule is CCCCCC(CC(=O)Nc1cc(CO)ccc1C(C)(C)C)c1ccccc1Cl. The molecule has 2 aromatic rings. The van der Waals surface area contributed by atoms with Gasteiger partial charge in [0.15, 0.2) is 0 Å². The molecule has 0 heterocycles. The van der Waals surface area contributed by atoms with Crippen molar-refractivity contribution in [3.8, 4) is 0 Å². The van der Waals surface area contributed by atoms with Crippen molar-refractivity contribution in [2.24, 2.45) is 0 Å². The summed E-state index contributed by atoms with van der Waals surface area (Å²) in [4.78, 5) is 13.0. The van der Waals surface area contributed by atoms with Crippen LogP contribution in [0.3, 0.4) is 0 Å². The summed E-state index contributed by atoms with van der Waals surface area (Å²) in [6, 6.07) is 13.6. The van der Waals surface area contributed by atoms with Crippen LogP contribution in [0.4, 0.5) is 5.69 Å². The predicted octanol–water partition coefficient (Wildman–Crippen LogP) is 6.82. The standard InChI is InChI=1S/C25H34ClNO2/c1-5-6-7-10-19(20-11-8-9-12-22(20)26)16-24(29)27-23-15-18(17-28)13-14-21(23)25(2,3)4/h8-9,11-15,19,28H,5-7,10,16-17H2,1-4H3,(H,27,29). The van der Waals surface area contributed by atoms with Crippen LogP contribution in [-0.4, -0.2) is 11.0 Å². The Balaban J connectivity index is 2.23. The van der Waals surface area contributed by atoms with E-state index in [1.165, 1.54) is 0 Å². The number of aliphatic hydroxyl groups is 1. The summed E-state index contributed by atoms with van der Waals surface area (Å²) >= 11 is 6.44. The molecule has 158 valence electrons. The summed E-state index contributed by atoms with van der Waals surface area (Å²) in [5.41, 5.74) is 3.56. The zero-order valence-electron chi connectivity index (χ0n) is 18.1.